The summed E-state index contributed by atoms with van der Waals surface area (Å²) in [4.78, 5) is 9.27. The summed E-state index contributed by atoms with van der Waals surface area (Å²) in [5.41, 5.74) is 2.68. The van der Waals surface area contributed by atoms with Crippen LogP contribution in [-0.4, -0.2) is 62.1 Å². The number of halogens is 1. The molecule has 2 N–H and O–H groups in total. The Morgan fingerprint density at radius 1 is 1.12 bits per heavy atom. The van der Waals surface area contributed by atoms with Gasteiger partial charge in [-0.2, -0.15) is 0 Å². The van der Waals surface area contributed by atoms with Crippen molar-refractivity contribution in [2.24, 2.45) is 4.99 Å². The monoisotopic (exact) mass is 473 g/mol. The van der Waals surface area contributed by atoms with Crippen LogP contribution in [-0.2, 0) is 13.1 Å². The van der Waals surface area contributed by atoms with Crippen molar-refractivity contribution >= 4 is 29.9 Å². The molecule has 6 heteroatoms. The lowest BCUT2D eigenvalue weighted by Crippen LogP contribution is -2.41. The number of rotatable bonds is 6. The zero-order valence-corrected chi connectivity index (χ0v) is 19.1. The number of nitrogens with one attached hydrogen (secondary N) is 2. The molecule has 1 aliphatic rings. The normalized spacial score (nSPS) is 17.9. The second-order valence-electron chi connectivity index (χ2n) is 7.13. The van der Waals surface area contributed by atoms with E-state index < -0.39 is 0 Å². The fourth-order valence-electron chi connectivity index (χ4n) is 2.99. The average Bonchev–Trinajstić information content (AvgIpc) is 2.84. The molecule has 26 heavy (non-hydrogen) atoms. The molecule has 1 saturated heterocycles. The Kier molecular flexibility index (Phi) is 11.2. The first kappa shape index (κ1) is 23.2. The maximum Gasteiger partial charge on any atom is 0.191 e. The predicted octanol–water partition coefficient (Wildman–Crippen LogP) is 2.91. The zero-order valence-electron chi connectivity index (χ0n) is 16.8. The third kappa shape index (κ3) is 8.22. The first-order valence-corrected chi connectivity index (χ1v) is 9.56. The van der Waals surface area contributed by atoms with E-state index in [2.05, 4.69) is 70.6 Å². The smallest absolute Gasteiger partial charge is 0.191 e. The van der Waals surface area contributed by atoms with Crippen LogP contribution in [0.3, 0.4) is 0 Å². The molecule has 5 nitrogen and oxygen atoms in total. The SMILES string of the molecule is CCC(C)NC(=NC)NCc1ccc(CN2CCCN(C)CC2)cc1.I. The Labute approximate surface area is 176 Å². The van der Waals surface area contributed by atoms with Gasteiger partial charge in [0.2, 0.25) is 0 Å². The van der Waals surface area contributed by atoms with Crippen LogP contribution in [0.25, 0.3) is 0 Å². The number of hydrogen-bond acceptors (Lipinski definition) is 3. The quantitative estimate of drug-likeness (QED) is 0.379. The third-order valence-corrected chi connectivity index (χ3v) is 4.92. The van der Waals surface area contributed by atoms with Crippen LogP contribution in [0.5, 0.6) is 0 Å². The number of hydrogen-bond donors (Lipinski definition) is 2. The Morgan fingerprint density at radius 3 is 2.46 bits per heavy atom. The number of likely N-dealkylation sites (N-methyl/N-ethyl adjacent to an activating group) is 1. The highest BCUT2D eigenvalue weighted by Crippen LogP contribution is 2.10. The van der Waals surface area contributed by atoms with E-state index in [-0.39, 0.29) is 24.0 Å². The number of guanidine groups is 1. The molecule has 0 spiro atoms. The van der Waals surface area contributed by atoms with Crippen LogP contribution in [0.4, 0.5) is 0 Å². The number of nitrogens with zero attached hydrogens (tertiary/aromatic N) is 3. The molecule has 1 fully saturated rings. The van der Waals surface area contributed by atoms with Gasteiger partial charge in [-0.25, -0.2) is 0 Å². The summed E-state index contributed by atoms with van der Waals surface area (Å²) >= 11 is 0. The van der Waals surface area contributed by atoms with Crippen molar-refractivity contribution in [2.75, 3.05) is 40.3 Å². The summed E-state index contributed by atoms with van der Waals surface area (Å²) in [6.45, 7) is 10.9. The van der Waals surface area contributed by atoms with Crippen molar-refractivity contribution in [2.45, 2.75) is 45.8 Å². The van der Waals surface area contributed by atoms with Gasteiger partial charge in [-0.05, 0) is 51.0 Å². The van der Waals surface area contributed by atoms with E-state index in [9.17, 15) is 0 Å². The van der Waals surface area contributed by atoms with Crippen molar-refractivity contribution in [3.8, 4) is 0 Å². The minimum absolute atomic E-state index is 0. The van der Waals surface area contributed by atoms with Crippen LogP contribution < -0.4 is 10.6 Å². The molecule has 1 aromatic carbocycles. The molecule has 1 heterocycles. The molecule has 1 unspecified atom stereocenters. The van der Waals surface area contributed by atoms with Crippen LogP contribution in [0.15, 0.2) is 29.3 Å². The molecule has 0 bridgehead atoms. The molecular formula is C20H36IN5. The van der Waals surface area contributed by atoms with E-state index in [1.54, 1.807) is 0 Å². The Bertz CT molecular complexity index is 532. The molecule has 0 radical (unpaired) electrons. The highest BCUT2D eigenvalue weighted by atomic mass is 127. The lowest BCUT2D eigenvalue weighted by molar-refractivity contribution is 0.269. The van der Waals surface area contributed by atoms with E-state index in [1.807, 2.05) is 7.05 Å². The maximum absolute atomic E-state index is 4.28. The second-order valence-corrected chi connectivity index (χ2v) is 7.13. The van der Waals surface area contributed by atoms with Gasteiger partial charge in [0.25, 0.3) is 0 Å². The van der Waals surface area contributed by atoms with Crippen molar-refractivity contribution in [1.82, 2.24) is 20.4 Å². The van der Waals surface area contributed by atoms with Crippen molar-refractivity contribution < 1.29 is 0 Å². The van der Waals surface area contributed by atoms with Gasteiger partial charge in [0.05, 0.1) is 0 Å². The summed E-state index contributed by atoms with van der Waals surface area (Å²) in [7, 11) is 4.04. The van der Waals surface area contributed by atoms with Crippen molar-refractivity contribution in [1.29, 1.82) is 0 Å². The average molecular weight is 473 g/mol. The lowest BCUT2D eigenvalue weighted by Gasteiger charge is -2.20. The minimum atomic E-state index is 0. The van der Waals surface area contributed by atoms with Gasteiger partial charge in [0, 0.05) is 39.3 Å². The highest BCUT2D eigenvalue weighted by molar-refractivity contribution is 14.0. The predicted molar refractivity (Wildman–Crippen MR) is 122 cm³/mol. The largest absolute Gasteiger partial charge is 0.354 e. The molecule has 0 saturated carbocycles. The fraction of sp³-hybridized carbons (Fsp3) is 0.650. The van der Waals surface area contributed by atoms with Crippen molar-refractivity contribution in [3.05, 3.63) is 35.4 Å². The summed E-state index contributed by atoms with van der Waals surface area (Å²) < 4.78 is 0. The third-order valence-electron chi connectivity index (χ3n) is 4.92. The second kappa shape index (κ2) is 12.5. The van der Waals surface area contributed by atoms with E-state index in [4.69, 9.17) is 0 Å². The maximum atomic E-state index is 4.28. The van der Waals surface area contributed by atoms with E-state index in [0.29, 0.717) is 6.04 Å². The molecule has 1 aromatic rings. The van der Waals surface area contributed by atoms with Gasteiger partial charge in [-0.15, -0.1) is 24.0 Å². The van der Waals surface area contributed by atoms with Crippen LogP contribution in [0.2, 0.25) is 0 Å². The Hall–Kier alpha value is -0.860. The molecule has 0 aromatic heterocycles. The molecule has 1 atom stereocenters. The zero-order chi connectivity index (χ0) is 18.1. The molecule has 0 aliphatic carbocycles. The van der Waals surface area contributed by atoms with Crippen LogP contribution >= 0.6 is 24.0 Å². The van der Waals surface area contributed by atoms with Gasteiger partial charge in [0.15, 0.2) is 5.96 Å². The number of aliphatic imine (C=N–C) groups is 1. The van der Waals surface area contributed by atoms with Crippen LogP contribution in [0, 0.1) is 0 Å². The van der Waals surface area contributed by atoms with Gasteiger partial charge in [-0.1, -0.05) is 31.2 Å². The van der Waals surface area contributed by atoms with E-state index in [0.717, 1.165) is 32.0 Å². The fourth-order valence-corrected chi connectivity index (χ4v) is 2.99. The molecular weight excluding hydrogens is 437 g/mol. The van der Waals surface area contributed by atoms with Crippen molar-refractivity contribution in [3.63, 3.8) is 0 Å². The first-order valence-electron chi connectivity index (χ1n) is 9.56. The Balaban J connectivity index is 0.00000338. The summed E-state index contributed by atoms with van der Waals surface area (Å²) in [6.07, 6.45) is 2.35. The van der Waals surface area contributed by atoms with Gasteiger partial charge in [-0.3, -0.25) is 9.89 Å². The standard InChI is InChI=1S/C20H35N5.HI/c1-5-17(2)23-20(21-3)22-15-18-7-9-19(10-8-18)16-25-12-6-11-24(4)13-14-25;/h7-10,17H,5-6,11-16H2,1-4H3,(H2,21,22,23);1H. The summed E-state index contributed by atoms with van der Waals surface area (Å²) in [6, 6.07) is 9.40. The van der Waals surface area contributed by atoms with Gasteiger partial charge >= 0.3 is 0 Å². The highest BCUT2D eigenvalue weighted by Gasteiger charge is 2.12. The molecule has 0 amide bonds. The molecule has 148 valence electrons. The van der Waals surface area contributed by atoms with Gasteiger partial charge in [0.1, 0.15) is 0 Å². The van der Waals surface area contributed by atoms with Gasteiger partial charge < -0.3 is 15.5 Å². The molecule has 2 rings (SSSR count). The topological polar surface area (TPSA) is 42.9 Å². The minimum Gasteiger partial charge on any atom is -0.354 e. The first-order chi connectivity index (χ1) is 12.1. The number of benzene rings is 1. The summed E-state index contributed by atoms with van der Waals surface area (Å²) in [5.74, 6) is 0.868. The summed E-state index contributed by atoms with van der Waals surface area (Å²) in [5, 5.41) is 6.78. The molecule has 1 aliphatic heterocycles. The van der Waals surface area contributed by atoms with E-state index >= 15 is 0 Å². The van der Waals surface area contributed by atoms with Crippen LogP contribution in [0.1, 0.15) is 37.8 Å². The Morgan fingerprint density at radius 2 is 1.81 bits per heavy atom. The lowest BCUT2D eigenvalue weighted by atomic mass is 10.1. The van der Waals surface area contributed by atoms with E-state index in [1.165, 1.54) is 37.2 Å².